The van der Waals surface area contributed by atoms with Gasteiger partial charge in [-0.25, -0.2) is 0 Å². The van der Waals surface area contributed by atoms with Crippen molar-refractivity contribution < 1.29 is 0 Å². The molecule has 3 atom stereocenters. The molecule has 5 aliphatic carbocycles. The molecule has 0 aliphatic heterocycles. The Kier molecular flexibility index (Phi) is 0.811. The first-order valence-corrected chi connectivity index (χ1v) is 5.79. The van der Waals surface area contributed by atoms with Gasteiger partial charge in [-0.1, -0.05) is 19.8 Å². The Morgan fingerprint density at radius 1 is 1.00 bits per heavy atom. The normalized spacial score (nSPS) is 71.2. The summed E-state index contributed by atoms with van der Waals surface area (Å²) < 4.78 is 0. The second kappa shape index (κ2) is 1.51. The Bertz CT molecular complexity index is 237. The summed E-state index contributed by atoms with van der Waals surface area (Å²) in [6.07, 6.45) is 9.52. The average molecular weight is 162 g/mol. The molecule has 0 heterocycles. The van der Waals surface area contributed by atoms with E-state index in [2.05, 4.69) is 6.92 Å². The lowest BCUT2D eigenvalue weighted by atomic mass is 9.65. The molecule has 5 saturated carbocycles. The van der Waals surface area contributed by atoms with Crippen LogP contribution in [0.3, 0.4) is 0 Å². The summed E-state index contributed by atoms with van der Waals surface area (Å²) in [4.78, 5) is 0. The van der Waals surface area contributed by atoms with E-state index >= 15 is 0 Å². The van der Waals surface area contributed by atoms with Gasteiger partial charge in [0.15, 0.2) is 0 Å². The third-order valence-electron chi connectivity index (χ3n) is 6.28. The van der Waals surface area contributed by atoms with E-state index in [0.717, 1.165) is 16.7 Å². The van der Waals surface area contributed by atoms with Gasteiger partial charge >= 0.3 is 0 Å². The first-order valence-electron chi connectivity index (χ1n) is 5.79. The van der Waals surface area contributed by atoms with Crippen molar-refractivity contribution in [1.29, 1.82) is 0 Å². The number of hydrogen-bond acceptors (Lipinski definition) is 0. The maximum Gasteiger partial charge on any atom is -0.0178 e. The maximum absolute atomic E-state index is 2.63. The second-order valence-corrected chi connectivity index (χ2v) is 6.05. The van der Waals surface area contributed by atoms with Crippen molar-refractivity contribution in [3.8, 4) is 0 Å². The van der Waals surface area contributed by atoms with Crippen molar-refractivity contribution in [3.63, 3.8) is 0 Å². The minimum Gasteiger partial charge on any atom is -0.0588 e. The van der Waals surface area contributed by atoms with Crippen molar-refractivity contribution in [2.75, 3.05) is 0 Å². The Morgan fingerprint density at radius 3 is 2.33 bits per heavy atom. The van der Waals surface area contributed by atoms with Gasteiger partial charge in [0.1, 0.15) is 0 Å². The fourth-order valence-electron chi connectivity index (χ4n) is 5.81. The smallest absolute Gasteiger partial charge is 0.0178 e. The molecule has 12 heavy (non-hydrogen) atoms. The van der Waals surface area contributed by atoms with Crippen molar-refractivity contribution in [3.05, 3.63) is 0 Å². The van der Waals surface area contributed by atoms with Gasteiger partial charge in [-0.15, -0.1) is 0 Å². The topological polar surface area (TPSA) is 0 Å². The summed E-state index contributed by atoms with van der Waals surface area (Å²) in [5, 5.41) is 0. The standard InChI is InChI=1S/C12H18/c1-11-4-2-3-5-12(11)9-6-8(11)7-10(9)12/h8-10H,2-7H2,1H3. The van der Waals surface area contributed by atoms with Crippen molar-refractivity contribution in [2.45, 2.75) is 45.4 Å². The predicted molar refractivity (Wildman–Crippen MR) is 48.7 cm³/mol. The van der Waals surface area contributed by atoms with Crippen molar-refractivity contribution >= 4 is 0 Å². The fourth-order valence-corrected chi connectivity index (χ4v) is 5.81. The molecule has 0 nitrogen and oxygen atoms in total. The largest absolute Gasteiger partial charge is 0.0588 e. The highest BCUT2D eigenvalue weighted by atomic mass is 14.9. The van der Waals surface area contributed by atoms with Gasteiger partial charge in [0.2, 0.25) is 0 Å². The van der Waals surface area contributed by atoms with Crippen LogP contribution in [-0.2, 0) is 0 Å². The Morgan fingerprint density at radius 2 is 1.67 bits per heavy atom. The highest BCUT2D eigenvalue weighted by Crippen LogP contribution is 2.89. The highest BCUT2D eigenvalue weighted by molar-refractivity contribution is 5.31. The lowest BCUT2D eigenvalue weighted by molar-refractivity contribution is 0.0924. The van der Waals surface area contributed by atoms with Crippen LogP contribution in [0.25, 0.3) is 0 Å². The minimum atomic E-state index is 0.834. The third kappa shape index (κ3) is 0.383. The van der Waals surface area contributed by atoms with Gasteiger partial charge in [-0.2, -0.15) is 0 Å². The molecule has 0 aromatic heterocycles. The van der Waals surface area contributed by atoms with Crippen molar-refractivity contribution in [2.24, 2.45) is 28.6 Å². The summed E-state index contributed by atoms with van der Waals surface area (Å²) in [5.74, 6) is 3.59. The molecule has 5 rings (SSSR count). The van der Waals surface area contributed by atoms with Crippen LogP contribution in [0.4, 0.5) is 0 Å². The summed E-state index contributed by atoms with van der Waals surface area (Å²) in [6, 6.07) is 0. The zero-order valence-corrected chi connectivity index (χ0v) is 7.97. The molecule has 0 N–H and O–H groups in total. The molecule has 5 aliphatic rings. The van der Waals surface area contributed by atoms with Gasteiger partial charge in [0, 0.05) is 0 Å². The fraction of sp³-hybridized carbons (Fsp3) is 1.00. The van der Waals surface area contributed by atoms with Crippen LogP contribution in [0, 0.1) is 28.6 Å². The predicted octanol–water partition coefficient (Wildman–Crippen LogP) is 3.22. The van der Waals surface area contributed by atoms with E-state index in [4.69, 9.17) is 0 Å². The van der Waals surface area contributed by atoms with Gasteiger partial charge in [-0.05, 0) is 54.3 Å². The van der Waals surface area contributed by atoms with Crippen molar-refractivity contribution in [1.82, 2.24) is 0 Å². The lowest BCUT2D eigenvalue weighted by Gasteiger charge is -2.40. The maximum atomic E-state index is 2.63. The molecule has 0 aromatic rings. The van der Waals surface area contributed by atoms with Gasteiger partial charge in [-0.3, -0.25) is 0 Å². The van der Waals surface area contributed by atoms with Crippen LogP contribution >= 0.6 is 0 Å². The third-order valence-corrected chi connectivity index (χ3v) is 6.28. The molecule has 0 aromatic carbocycles. The molecular formula is C12H18. The Labute approximate surface area is 74.7 Å². The number of hydrogen-bond donors (Lipinski definition) is 0. The van der Waals surface area contributed by atoms with Crippen LogP contribution in [-0.4, -0.2) is 0 Å². The molecule has 0 radical (unpaired) electrons. The van der Waals surface area contributed by atoms with Crippen LogP contribution in [0.5, 0.6) is 0 Å². The molecule has 0 heteroatoms. The first-order chi connectivity index (χ1) is 5.79. The summed E-state index contributed by atoms with van der Waals surface area (Å²) in [6.45, 7) is 2.63. The highest BCUT2D eigenvalue weighted by Gasteiger charge is 2.83. The Balaban J connectivity index is 1.90. The van der Waals surface area contributed by atoms with E-state index in [9.17, 15) is 0 Å². The summed E-state index contributed by atoms with van der Waals surface area (Å²) >= 11 is 0. The van der Waals surface area contributed by atoms with E-state index in [-0.39, 0.29) is 0 Å². The van der Waals surface area contributed by atoms with Crippen LogP contribution in [0.1, 0.15) is 45.4 Å². The zero-order chi connectivity index (χ0) is 7.97. The molecule has 5 fully saturated rings. The van der Waals surface area contributed by atoms with E-state index in [0.29, 0.717) is 0 Å². The van der Waals surface area contributed by atoms with Gasteiger partial charge < -0.3 is 0 Å². The SMILES string of the molecule is CC12CCCCC13C1CC2CC13. The molecule has 1 spiro atoms. The second-order valence-electron chi connectivity index (χ2n) is 6.05. The molecule has 3 unspecified atom stereocenters. The van der Waals surface area contributed by atoms with Crippen LogP contribution in [0.2, 0.25) is 0 Å². The minimum absolute atomic E-state index is 0.834. The lowest BCUT2D eigenvalue weighted by Crippen LogP contribution is -2.32. The molecular weight excluding hydrogens is 144 g/mol. The van der Waals surface area contributed by atoms with Crippen LogP contribution in [0.15, 0.2) is 0 Å². The van der Waals surface area contributed by atoms with E-state index in [1.807, 2.05) is 0 Å². The number of rotatable bonds is 0. The molecule has 66 valence electrons. The molecule has 4 bridgehead atoms. The van der Waals surface area contributed by atoms with E-state index in [1.54, 1.807) is 32.1 Å². The van der Waals surface area contributed by atoms with E-state index in [1.165, 1.54) is 18.3 Å². The monoisotopic (exact) mass is 162 g/mol. The molecule has 0 amide bonds. The Hall–Kier alpha value is 0. The van der Waals surface area contributed by atoms with Gasteiger partial charge in [0.25, 0.3) is 0 Å². The zero-order valence-electron chi connectivity index (χ0n) is 7.97. The van der Waals surface area contributed by atoms with E-state index < -0.39 is 0 Å². The summed E-state index contributed by atoms with van der Waals surface area (Å²) in [7, 11) is 0. The average Bonchev–Trinajstić information content (AvgIpc) is 2.51. The quantitative estimate of drug-likeness (QED) is 0.513. The van der Waals surface area contributed by atoms with Gasteiger partial charge in [0.05, 0.1) is 0 Å². The summed E-state index contributed by atoms with van der Waals surface area (Å²) in [5.41, 5.74) is 1.76. The first kappa shape index (κ1) is 6.45. The molecule has 0 saturated heterocycles. The van der Waals surface area contributed by atoms with Crippen LogP contribution < -0.4 is 0 Å².